The van der Waals surface area contributed by atoms with Crippen molar-refractivity contribution in [3.8, 4) is 0 Å². The third-order valence-corrected chi connectivity index (χ3v) is 5.66. The van der Waals surface area contributed by atoms with E-state index in [0.29, 0.717) is 27.9 Å². The van der Waals surface area contributed by atoms with Crippen molar-refractivity contribution in [2.24, 2.45) is 0 Å². The zero-order chi connectivity index (χ0) is 19.1. The summed E-state index contributed by atoms with van der Waals surface area (Å²) < 4.78 is 31.5. The lowest BCUT2D eigenvalue weighted by Gasteiger charge is -2.12. The second kappa shape index (κ2) is 6.43. The molecule has 0 aliphatic rings. The highest BCUT2D eigenvalue weighted by Crippen LogP contribution is 2.22. The number of carbonyl (C=O) groups excluding carboxylic acids is 1. The van der Waals surface area contributed by atoms with Gasteiger partial charge in [-0.2, -0.15) is 0 Å². The van der Waals surface area contributed by atoms with Gasteiger partial charge in [-0.25, -0.2) is 17.9 Å². The molecule has 0 atom stereocenters. The van der Waals surface area contributed by atoms with Crippen LogP contribution in [-0.2, 0) is 10.0 Å². The first-order valence-electron chi connectivity index (χ1n) is 7.70. The lowest BCUT2D eigenvalue weighted by molar-refractivity contribution is 0.102. The van der Waals surface area contributed by atoms with E-state index >= 15 is 0 Å². The largest absolute Gasteiger partial charge is 0.417 e. The molecule has 1 aromatic heterocycles. The Balaban J connectivity index is 1.97. The maximum absolute atomic E-state index is 12.6. The molecular formula is C17H17N3O5S. The molecule has 0 saturated heterocycles. The van der Waals surface area contributed by atoms with E-state index in [9.17, 15) is 18.0 Å². The van der Waals surface area contributed by atoms with Gasteiger partial charge in [-0.1, -0.05) is 0 Å². The summed E-state index contributed by atoms with van der Waals surface area (Å²) >= 11 is 0. The van der Waals surface area contributed by atoms with Crippen LogP contribution in [0.5, 0.6) is 0 Å². The van der Waals surface area contributed by atoms with E-state index in [2.05, 4.69) is 15.0 Å². The lowest BCUT2D eigenvalue weighted by Crippen LogP contribution is -2.21. The molecule has 0 unspecified atom stereocenters. The van der Waals surface area contributed by atoms with Crippen LogP contribution in [0.15, 0.2) is 44.4 Å². The summed E-state index contributed by atoms with van der Waals surface area (Å²) in [7, 11) is -2.37. The fraction of sp³-hybridized carbons (Fsp3) is 0.176. The average molecular weight is 375 g/mol. The van der Waals surface area contributed by atoms with Crippen LogP contribution in [0.1, 0.15) is 21.5 Å². The summed E-state index contributed by atoms with van der Waals surface area (Å²) in [6.07, 6.45) is 0. The lowest BCUT2D eigenvalue weighted by atomic mass is 10.1. The van der Waals surface area contributed by atoms with E-state index in [4.69, 9.17) is 4.42 Å². The van der Waals surface area contributed by atoms with Gasteiger partial charge in [0, 0.05) is 11.3 Å². The number of aromatic nitrogens is 1. The Labute approximate surface area is 149 Å². The minimum atomic E-state index is -3.69. The monoisotopic (exact) mass is 375 g/mol. The molecule has 0 aliphatic carbocycles. The number of sulfonamides is 1. The summed E-state index contributed by atoms with van der Waals surface area (Å²) in [5.41, 5.74) is 2.74. The maximum atomic E-state index is 12.6. The quantitative estimate of drug-likeness (QED) is 0.643. The zero-order valence-electron chi connectivity index (χ0n) is 14.3. The molecule has 3 N–H and O–H groups in total. The number of fused-ring (bicyclic) bond motifs is 1. The molecule has 2 aromatic carbocycles. The molecule has 0 fully saturated rings. The van der Waals surface area contributed by atoms with E-state index in [1.165, 1.54) is 13.1 Å². The smallest absolute Gasteiger partial charge is 0.408 e. The number of aryl methyl sites for hydroxylation is 1. The number of carbonyl (C=O) groups is 1. The Morgan fingerprint density at radius 2 is 1.88 bits per heavy atom. The Kier molecular flexibility index (Phi) is 4.43. The number of H-pyrrole nitrogens is 1. The molecule has 1 heterocycles. The minimum absolute atomic E-state index is 0.0553. The van der Waals surface area contributed by atoms with Gasteiger partial charge in [0.2, 0.25) is 10.0 Å². The molecule has 0 saturated carbocycles. The average Bonchev–Trinajstić information content (AvgIpc) is 2.96. The van der Waals surface area contributed by atoms with Crippen molar-refractivity contribution in [2.75, 3.05) is 12.4 Å². The molecule has 9 heteroatoms. The third-order valence-electron chi connectivity index (χ3n) is 4.12. The number of anilines is 1. The Bertz CT molecular complexity index is 1170. The van der Waals surface area contributed by atoms with Crippen molar-refractivity contribution in [2.45, 2.75) is 18.7 Å². The summed E-state index contributed by atoms with van der Waals surface area (Å²) in [6, 6.07) is 7.66. The molecule has 0 bridgehead atoms. The van der Waals surface area contributed by atoms with Crippen LogP contribution in [-0.4, -0.2) is 26.4 Å². The van der Waals surface area contributed by atoms with E-state index in [1.807, 2.05) is 0 Å². The van der Waals surface area contributed by atoms with Crippen LogP contribution in [0.3, 0.4) is 0 Å². The van der Waals surface area contributed by atoms with E-state index in [-0.39, 0.29) is 10.5 Å². The van der Waals surface area contributed by atoms with Crippen LogP contribution in [0.2, 0.25) is 0 Å². The molecule has 0 spiro atoms. The fourth-order valence-electron chi connectivity index (χ4n) is 2.58. The van der Waals surface area contributed by atoms with E-state index in [1.54, 1.807) is 38.1 Å². The Morgan fingerprint density at radius 3 is 2.58 bits per heavy atom. The summed E-state index contributed by atoms with van der Waals surface area (Å²) in [5, 5.41) is 2.69. The van der Waals surface area contributed by atoms with Gasteiger partial charge < -0.3 is 9.73 Å². The van der Waals surface area contributed by atoms with Crippen molar-refractivity contribution in [3.05, 3.63) is 57.6 Å². The van der Waals surface area contributed by atoms with Gasteiger partial charge in [0.15, 0.2) is 5.58 Å². The molecule has 1 amide bonds. The van der Waals surface area contributed by atoms with Crippen molar-refractivity contribution in [1.82, 2.24) is 9.71 Å². The van der Waals surface area contributed by atoms with Crippen LogP contribution in [0.25, 0.3) is 11.1 Å². The van der Waals surface area contributed by atoms with Gasteiger partial charge in [-0.05, 0) is 62.4 Å². The van der Waals surface area contributed by atoms with Crippen molar-refractivity contribution in [3.63, 3.8) is 0 Å². The second-order valence-corrected chi connectivity index (χ2v) is 7.66. The SMILES string of the molecule is CNS(=O)(=O)c1cc(C(=O)Nc2ccc3oc(=O)[nH]c3c2)cc(C)c1C. The second-order valence-electron chi connectivity index (χ2n) is 5.80. The minimum Gasteiger partial charge on any atom is -0.408 e. The van der Waals surface area contributed by atoms with E-state index in [0.717, 1.165) is 0 Å². The van der Waals surface area contributed by atoms with Gasteiger partial charge in [-0.15, -0.1) is 0 Å². The fourth-order valence-corrected chi connectivity index (χ4v) is 3.65. The van der Waals surface area contributed by atoms with Crippen molar-refractivity contribution >= 4 is 32.7 Å². The van der Waals surface area contributed by atoms with Crippen LogP contribution >= 0.6 is 0 Å². The number of hydrogen-bond donors (Lipinski definition) is 3. The van der Waals surface area contributed by atoms with Crippen LogP contribution < -0.4 is 15.8 Å². The van der Waals surface area contributed by atoms with Gasteiger partial charge in [0.05, 0.1) is 10.4 Å². The Morgan fingerprint density at radius 1 is 1.15 bits per heavy atom. The summed E-state index contributed by atoms with van der Waals surface area (Å²) in [4.78, 5) is 26.3. The van der Waals surface area contributed by atoms with Gasteiger partial charge in [0.25, 0.3) is 5.91 Å². The molecular weight excluding hydrogens is 358 g/mol. The third kappa shape index (κ3) is 3.26. The van der Waals surface area contributed by atoms with E-state index < -0.39 is 21.7 Å². The Hall–Kier alpha value is -2.91. The van der Waals surface area contributed by atoms with Crippen LogP contribution in [0.4, 0.5) is 5.69 Å². The number of rotatable bonds is 4. The highest BCUT2D eigenvalue weighted by atomic mass is 32.2. The predicted molar refractivity (Wildman–Crippen MR) is 96.9 cm³/mol. The number of oxazole rings is 1. The van der Waals surface area contributed by atoms with Crippen molar-refractivity contribution < 1.29 is 17.6 Å². The standard InChI is InChI=1S/C17H17N3O5S/c1-9-6-11(7-15(10(9)2)26(23,24)18-3)16(21)19-12-4-5-14-13(8-12)20-17(22)25-14/h4-8,18H,1-3H3,(H,19,21)(H,20,22). The van der Waals surface area contributed by atoms with Gasteiger partial charge >= 0.3 is 5.76 Å². The molecule has 0 aliphatic heterocycles. The number of benzene rings is 2. The molecule has 0 radical (unpaired) electrons. The maximum Gasteiger partial charge on any atom is 0.417 e. The van der Waals surface area contributed by atoms with Crippen LogP contribution in [0, 0.1) is 13.8 Å². The molecule has 8 nitrogen and oxygen atoms in total. The summed E-state index contributed by atoms with van der Waals surface area (Å²) in [5.74, 6) is -1.05. The normalized spacial score (nSPS) is 11.7. The first-order chi connectivity index (χ1) is 12.2. The first-order valence-corrected chi connectivity index (χ1v) is 9.18. The topological polar surface area (TPSA) is 121 Å². The predicted octanol–water partition coefficient (Wildman–Crippen LogP) is 1.90. The first kappa shape index (κ1) is 17.9. The van der Waals surface area contributed by atoms with Gasteiger partial charge in [-0.3, -0.25) is 9.78 Å². The number of amides is 1. The highest BCUT2D eigenvalue weighted by Gasteiger charge is 2.19. The number of hydrogen-bond acceptors (Lipinski definition) is 5. The highest BCUT2D eigenvalue weighted by molar-refractivity contribution is 7.89. The molecule has 3 aromatic rings. The van der Waals surface area contributed by atoms with Gasteiger partial charge in [0.1, 0.15) is 0 Å². The zero-order valence-corrected chi connectivity index (χ0v) is 15.2. The summed E-state index contributed by atoms with van der Waals surface area (Å²) in [6.45, 7) is 3.42. The molecule has 136 valence electrons. The molecule has 3 rings (SSSR count). The molecule has 26 heavy (non-hydrogen) atoms. The number of aromatic amines is 1. The van der Waals surface area contributed by atoms with Crippen molar-refractivity contribution in [1.29, 1.82) is 0 Å². The number of nitrogens with one attached hydrogen (secondary N) is 3.